The number of nitrogens with one attached hydrogen (secondary N) is 1. The zero-order valence-electron chi connectivity index (χ0n) is 19.0. The Morgan fingerprint density at radius 3 is 2.70 bits per heavy atom. The molecule has 0 unspecified atom stereocenters. The maximum Gasteiger partial charge on any atom is 0.293 e. The van der Waals surface area contributed by atoms with Crippen LogP contribution in [0.4, 0.5) is 4.79 Å². The molecule has 0 saturated carbocycles. The minimum atomic E-state index is -0.250. The number of amides is 3. The highest BCUT2D eigenvalue weighted by Gasteiger charge is 2.35. The smallest absolute Gasteiger partial charge is 0.293 e. The Kier molecular flexibility index (Phi) is 7.05. The molecule has 0 aliphatic carbocycles. The van der Waals surface area contributed by atoms with Gasteiger partial charge in [-0.2, -0.15) is 0 Å². The van der Waals surface area contributed by atoms with E-state index in [2.05, 4.69) is 18.3 Å². The molecule has 1 aromatic carbocycles. The molecule has 1 aliphatic heterocycles. The zero-order chi connectivity index (χ0) is 23.5. The Bertz CT molecular complexity index is 1230. The van der Waals surface area contributed by atoms with Crippen LogP contribution in [-0.2, 0) is 29.1 Å². The normalized spacial score (nSPS) is 15.4. The lowest BCUT2D eigenvalue weighted by Gasteiger charge is -2.14. The SMILES string of the molecule is CCc1cccc2c(/C=C3\SC(=O)N(CC(C)C)C3=O)cn(CC(=O)NCc3cccs3)c12. The Morgan fingerprint density at radius 2 is 2.00 bits per heavy atom. The van der Waals surface area contributed by atoms with Crippen LogP contribution in [0.2, 0.25) is 0 Å². The highest BCUT2D eigenvalue weighted by molar-refractivity contribution is 8.18. The summed E-state index contributed by atoms with van der Waals surface area (Å²) in [5.41, 5.74) is 2.95. The van der Waals surface area contributed by atoms with Gasteiger partial charge in [0.15, 0.2) is 0 Å². The van der Waals surface area contributed by atoms with E-state index in [0.29, 0.717) is 18.0 Å². The molecule has 0 radical (unpaired) electrons. The summed E-state index contributed by atoms with van der Waals surface area (Å²) in [4.78, 5) is 40.8. The summed E-state index contributed by atoms with van der Waals surface area (Å²) in [5, 5.41) is 5.71. The van der Waals surface area contributed by atoms with Crippen LogP contribution in [0.1, 0.15) is 36.8 Å². The molecule has 0 atom stereocenters. The first kappa shape index (κ1) is 23.3. The fraction of sp³-hybridized carbons (Fsp3) is 0.320. The summed E-state index contributed by atoms with van der Waals surface area (Å²) in [6.07, 6.45) is 4.51. The summed E-state index contributed by atoms with van der Waals surface area (Å²) in [6.45, 7) is 7.15. The van der Waals surface area contributed by atoms with Crippen LogP contribution in [0, 0.1) is 5.92 Å². The van der Waals surface area contributed by atoms with E-state index in [1.807, 2.05) is 54.3 Å². The van der Waals surface area contributed by atoms with Crippen molar-refractivity contribution in [1.82, 2.24) is 14.8 Å². The molecule has 4 rings (SSSR count). The Balaban J connectivity index is 1.64. The molecule has 0 bridgehead atoms. The number of carbonyl (C=O) groups excluding carboxylic acids is 3. The first-order valence-electron chi connectivity index (χ1n) is 11.0. The molecule has 1 saturated heterocycles. The number of aromatic nitrogens is 1. The molecule has 3 aromatic rings. The van der Waals surface area contributed by atoms with Crippen molar-refractivity contribution < 1.29 is 14.4 Å². The summed E-state index contributed by atoms with van der Waals surface area (Å²) >= 11 is 2.59. The third-order valence-corrected chi connectivity index (χ3v) is 7.24. The fourth-order valence-corrected chi connectivity index (χ4v) is 5.45. The van der Waals surface area contributed by atoms with Crippen molar-refractivity contribution in [3.8, 4) is 0 Å². The van der Waals surface area contributed by atoms with Crippen molar-refractivity contribution in [3.05, 3.63) is 62.8 Å². The number of nitrogens with zero attached hydrogens (tertiary/aromatic N) is 2. The molecule has 3 heterocycles. The predicted molar refractivity (Wildman–Crippen MR) is 135 cm³/mol. The highest BCUT2D eigenvalue weighted by atomic mass is 32.2. The highest BCUT2D eigenvalue weighted by Crippen LogP contribution is 2.35. The Labute approximate surface area is 201 Å². The number of thioether (sulfide) groups is 1. The van der Waals surface area contributed by atoms with E-state index in [1.54, 1.807) is 17.4 Å². The number of carbonyl (C=O) groups is 3. The monoisotopic (exact) mass is 481 g/mol. The molecule has 1 fully saturated rings. The molecule has 172 valence electrons. The Hall–Kier alpha value is -2.84. The van der Waals surface area contributed by atoms with Crippen LogP contribution in [0.25, 0.3) is 17.0 Å². The number of imide groups is 1. The van der Waals surface area contributed by atoms with Crippen LogP contribution < -0.4 is 5.32 Å². The molecule has 3 amide bonds. The number of fused-ring (bicyclic) bond motifs is 1. The average molecular weight is 482 g/mol. The van der Waals surface area contributed by atoms with Gasteiger partial charge < -0.3 is 9.88 Å². The van der Waals surface area contributed by atoms with Gasteiger partial charge >= 0.3 is 0 Å². The lowest BCUT2D eigenvalue weighted by Crippen LogP contribution is -2.31. The van der Waals surface area contributed by atoms with Gasteiger partial charge in [0.05, 0.1) is 17.0 Å². The van der Waals surface area contributed by atoms with Crippen LogP contribution in [0.15, 0.2) is 46.8 Å². The van der Waals surface area contributed by atoms with Gasteiger partial charge in [0.2, 0.25) is 5.91 Å². The van der Waals surface area contributed by atoms with Crippen LogP contribution in [0.3, 0.4) is 0 Å². The van der Waals surface area contributed by atoms with E-state index in [9.17, 15) is 14.4 Å². The van der Waals surface area contributed by atoms with E-state index in [1.165, 1.54) is 4.90 Å². The maximum absolute atomic E-state index is 12.8. The molecule has 1 N–H and O–H groups in total. The maximum atomic E-state index is 12.8. The number of rotatable bonds is 8. The molecular formula is C25H27N3O3S2. The van der Waals surface area contributed by atoms with Gasteiger partial charge in [-0.1, -0.05) is 45.0 Å². The number of hydrogen-bond donors (Lipinski definition) is 1. The van der Waals surface area contributed by atoms with Gasteiger partial charge in [-0.05, 0) is 47.2 Å². The minimum absolute atomic E-state index is 0.0741. The van der Waals surface area contributed by atoms with Crippen molar-refractivity contribution in [1.29, 1.82) is 0 Å². The van der Waals surface area contributed by atoms with Gasteiger partial charge in [-0.15, -0.1) is 11.3 Å². The van der Waals surface area contributed by atoms with E-state index in [4.69, 9.17) is 0 Å². The number of para-hydroxylation sites is 1. The van der Waals surface area contributed by atoms with Gasteiger partial charge in [-0.3, -0.25) is 19.3 Å². The summed E-state index contributed by atoms with van der Waals surface area (Å²) < 4.78 is 1.95. The summed E-state index contributed by atoms with van der Waals surface area (Å²) in [5.74, 6) is -0.116. The van der Waals surface area contributed by atoms with Gasteiger partial charge in [-0.25, -0.2) is 0 Å². The molecule has 0 spiro atoms. The molecule has 33 heavy (non-hydrogen) atoms. The van der Waals surface area contributed by atoms with E-state index < -0.39 is 0 Å². The van der Waals surface area contributed by atoms with Crippen LogP contribution >= 0.6 is 23.1 Å². The number of aryl methyl sites for hydroxylation is 1. The largest absolute Gasteiger partial charge is 0.350 e. The second-order valence-electron chi connectivity index (χ2n) is 8.42. The zero-order valence-corrected chi connectivity index (χ0v) is 20.6. The first-order chi connectivity index (χ1) is 15.9. The third-order valence-electron chi connectivity index (χ3n) is 5.46. The quantitative estimate of drug-likeness (QED) is 0.445. The van der Waals surface area contributed by atoms with Crippen LogP contribution in [-0.4, -0.2) is 33.1 Å². The first-order valence-corrected chi connectivity index (χ1v) is 12.7. The number of hydrogen-bond acceptors (Lipinski definition) is 5. The molecule has 8 heteroatoms. The van der Waals surface area contributed by atoms with E-state index in [-0.39, 0.29) is 29.5 Å². The van der Waals surface area contributed by atoms with Crippen molar-refractivity contribution in [2.24, 2.45) is 5.92 Å². The van der Waals surface area contributed by atoms with Crippen molar-refractivity contribution in [2.45, 2.75) is 40.3 Å². The second kappa shape index (κ2) is 9.97. The van der Waals surface area contributed by atoms with Crippen molar-refractivity contribution >= 4 is 57.1 Å². The fourth-order valence-electron chi connectivity index (χ4n) is 3.96. The number of benzene rings is 1. The van der Waals surface area contributed by atoms with E-state index in [0.717, 1.165) is 45.1 Å². The molecule has 2 aromatic heterocycles. The van der Waals surface area contributed by atoms with Crippen molar-refractivity contribution in [3.63, 3.8) is 0 Å². The topological polar surface area (TPSA) is 71.4 Å². The van der Waals surface area contributed by atoms with E-state index >= 15 is 0 Å². The Morgan fingerprint density at radius 1 is 1.18 bits per heavy atom. The van der Waals surface area contributed by atoms with Crippen molar-refractivity contribution in [2.75, 3.05) is 6.54 Å². The standard InChI is InChI=1S/C25H27N3O3S2/c1-4-17-7-5-9-20-18(11-21-24(30)28(13-16(2)3)25(31)33-21)14-27(23(17)20)15-22(29)26-12-19-8-6-10-32-19/h5-11,14,16H,4,12-13,15H2,1-3H3,(H,26,29)/b21-11-. The molecular weight excluding hydrogens is 454 g/mol. The lowest BCUT2D eigenvalue weighted by atomic mass is 10.1. The average Bonchev–Trinajstić information content (AvgIpc) is 3.48. The molecule has 1 aliphatic rings. The second-order valence-corrected chi connectivity index (χ2v) is 10.4. The summed E-state index contributed by atoms with van der Waals surface area (Å²) in [6, 6.07) is 10.0. The predicted octanol–water partition coefficient (Wildman–Crippen LogP) is 5.27. The van der Waals surface area contributed by atoms with Gasteiger partial charge in [0.1, 0.15) is 6.54 Å². The number of thiophene rings is 1. The van der Waals surface area contributed by atoms with Crippen LogP contribution in [0.5, 0.6) is 0 Å². The van der Waals surface area contributed by atoms with Gasteiger partial charge in [0, 0.05) is 28.6 Å². The minimum Gasteiger partial charge on any atom is -0.350 e. The van der Waals surface area contributed by atoms with Gasteiger partial charge in [0.25, 0.3) is 11.1 Å². The lowest BCUT2D eigenvalue weighted by molar-refractivity contribution is -0.123. The third kappa shape index (κ3) is 5.07. The molecule has 6 nitrogen and oxygen atoms in total. The summed E-state index contributed by atoms with van der Waals surface area (Å²) in [7, 11) is 0.